The maximum atomic E-state index is 6.77. The van der Waals surface area contributed by atoms with Gasteiger partial charge in [-0.15, -0.1) is 11.3 Å². The Morgan fingerprint density at radius 1 is 0.474 bits per heavy atom. The van der Waals surface area contributed by atoms with Crippen LogP contribution in [-0.4, -0.2) is 5.71 Å². The van der Waals surface area contributed by atoms with Crippen LogP contribution < -0.4 is 10.1 Å². The van der Waals surface area contributed by atoms with E-state index in [2.05, 4.69) is 199 Å². The highest BCUT2D eigenvalue weighted by Crippen LogP contribution is 2.62. The third kappa shape index (κ3) is 4.81. The summed E-state index contributed by atoms with van der Waals surface area (Å²) in [7, 11) is 0. The van der Waals surface area contributed by atoms with Gasteiger partial charge in [-0.3, -0.25) is 4.99 Å². The van der Waals surface area contributed by atoms with E-state index in [4.69, 9.17) is 9.73 Å². The first-order valence-electron chi connectivity index (χ1n) is 19.5. The number of thiophene rings is 1. The van der Waals surface area contributed by atoms with Gasteiger partial charge in [-0.25, -0.2) is 0 Å². The van der Waals surface area contributed by atoms with Crippen LogP contribution in [0.3, 0.4) is 0 Å². The topological polar surface area (TPSA) is 33.6 Å². The van der Waals surface area contributed by atoms with Crippen LogP contribution in [0, 0.1) is 0 Å². The Kier molecular flexibility index (Phi) is 7.08. The van der Waals surface area contributed by atoms with Crippen molar-refractivity contribution >= 4 is 42.9 Å². The van der Waals surface area contributed by atoms with Gasteiger partial charge in [0.1, 0.15) is 17.7 Å². The lowest BCUT2D eigenvalue weighted by Gasteiger charge is -2.39. The van der Waals surface area contributed by atoms with Gasteiger partial charge in [0.25, 0.3) is 0 Å². The lowest BCUT2D eigenvalue weighted by atomic mass is 9.65. The fourth-order valence-corrected chi connectivity index (χ4v) is 10.7. The van der Waals surface area contributed by atoms with E-state index in [1.54, 1.807) is 0 Å². The predicted octanol–water partition coefficient (Wildman–Crippen LogP) is 13.3. The van der Waals surface area contributed by atoms with Crippen LogP contribution in [0.25, 0.3) is 48.1 Å². The van der Waals surface area contributed by atoms with E-state index in [9.17, 15) is 0 Å². The van der Waals surface area contributed by atoms with Crippen molar-refractivity contribution in [3.63, 3.8) is 0 Å². The molecule has 1 unspecified atom stereocenters. The number of rotatable bonds is 4. The summed E-state index contributed by atoms with van der Waals surface area (Å²) in [6.07, 6.45) is 1.87. The van der Waals surface area contributed by atoms with Gasteiger partial charge < -0.3 is 10.1 Å². The molecular formula is C53H34N2OS. The monoisotopic (exact) mass is 746 g/mol. The van der Waals surface area contributed by atoms with Crippen molar-refractivity contribution in [1.29, 1.82) is 0 Å². The normalized spacial score (nSPS) is 15.8. The fourth-order valence-electron chi connectivity index (χ4n) is 9.53. The molecule has 1 atom stereocenters. The molecular weight excluding hydrogens is 713 g/mol. The Morgan fingerprint density at radius 3 is 1.93 bits per heavy atom. The number of fused-ring (bicyclic) bond motifs is 12. The number of aliphatic imine (C=N–C) groups is 1. The average molecular weight is 747 g/mol. The van der Waals surface area contributed by atoms with Crippen LogP contribution >= 0.6 is 11.3 Å². The van der Waals surface area contributed by atoms with Gasteiger partial charge in [-0.05, 0) is 75.4 Å². The van der Waals surface area contributed by atoms with E-state index in [-0.39, 0.29) is 6.17 Å². The second-order valence-electron chi connectivity index (χ2n) is 15.0. The van der Waals surface area contributed by atoms with Gasteiger partial charge in [-0.2, -0.15) is 0 Å². The van der Waals surface area contributed by atoms with Crippen LogP contribution in [-0.2, 0) is 5.41 Å². The number of benzene rings is 8. The first-order chi connectivity index (χ1) is 28.2. The standard InChI is InChI=1S/C53H34N2OS/c1-2-14-33(15-3-1)46-32-47(35-26-28-40-39-19-8-13-25-50(39)57-51(40)31-35)55-52(54-46)41-20-5-4-16-36(41)34-27-29-49-45(30-34)53(44-23-11-12-24-48(44)56-49)42-21-9-6-17-37(42)38-18-7-10-22-43(38)53/h1-32,52,54H. The van der Waals surface area contributed by atoms with Gasteiger partial charge in [0.05, 0.1) is 11.1 Å². The molecule has 0 fully saturated rings. The summed E-state index contributed by atoms with van der Waals surface area (Å²) in [6, 6.07) is 67.9. The molecule has 3 nitrogen and oxygen atoms in total. The molecule has 268 valence electrons. The molecule has 0 radical (unpaired) electrons. The molecule has 3 aliphatic rings. The second-order valence-corrected chi connectivity index (χ2v) is 16.1. The molecule has 0 amide bonds. The summed E-state index contributed by atoms with van der Waals surface area (Å²) in [5, 5.41) is 6.44. The molecule has 1 N–H and O–H groups in total. The number of nitrogens with zero attached hydrogens (tertiary/aromatic N) is 1. The van der Waals surface area contributed by atoms with Crippen molar-refractivity contribution in [3.8, 4) is 33.8 Å². The Morgan fingerprint density at radius 2 is 1.11 bits per heavy atom. The van der Waals surface area contributed by atoms with Crippen molar-refractivity contribution in [3.05, 3.63) is 233 Å². The van der Waals surface area contributed by atoms with Crippen LogP contribution in [0.4, 0.5) is 0 Å². The zero-order chi connectivity index (χ0) is 37.5. The number of nitrogens with one attached hydrogen (secondary N) is 1. The highest BCUT2D eigenvalue weighted by Gasteiger charge is 2.51. The summed E-state index contributed by atoms with van der Waals surface area (Å²) in [5.74, 6) is 1.77. The van der Waals surface area contributed by atoms with E-state index >= 15 is 0 Å². The van der Waals surface area contributed by atoms with Crippen molar-refractivity contribution < 1.29 is 4.74 Å². The summed E-state index contributed by atoms with van der Waals surface area (Å²) < 4.78 is 9.33. The molecule has 3 heterocycles. The van der Waals surface area contributed by atoms with Gasteiger partial charge in [0.15, 0.2) is 0 Å². The molecule has 1 aliphatic carbocycles. The number of para-hydroxylation sites is 1. The number of allylic oxidation sites excluding steroid dienone is 1. The minimum Gasteiger partial charge on any atom is -0.457 e. The largest absolute Gasteiger partial charge is 0.457 e. The molecule has 0 saturated carbocycles. The second kappa shape index (κ2) is 12.5. The Balaban J connectivity index is 1.03. The highest BCUT2D eigenvalue weighted by atomic mass is 32.1. The van der Waals surface area contributed by atoms with Crippen LogP contribution in [0.2, 0.25) is 0 Å². The van der Waals surface area contributed by atoms with Gasteiger partial charge >= 0.3 is 0 Å². The molecule has 8 aromatic carbocycles. The minimum absolute atomic E-state index is 0.329. The van der Waals surface area contributed by atoms with Crippen molar-refractivity contribution in [2.75, 3.05) is 0 Å². The van der Waals surface area contributed by atoms with Gasteiger partial charge in [-0.1, -0.05) is 158 Å². The van der Waals surface area contributed by atoms with Gasteiger partial charge in [0.2, 0.25) is 0 Å². The molecule has 4 heteroatoms. The summed E-state index contributed by atoms with van der Waals surface area (Å²) in [4.78, 5) is 5.50. The average Bonchev–Trinajstić information content (AvgIpc) is 3.80. The van der Waals surface area contributed by atoms with Gasteiger partial charge in [0, 0.05) is 48.1 Å². The Hall–Kier alpha value is -7.01. The van der Waals surface area contributed by atoms with E-state index in [0.717, 1.165) is 61.9 Å². The van der Waals surface area contributed by atoms with E-state index in [0.29, 0.717) is 0 Å². The number of ether oxygens (including phenoxy) is 1. The summed E-state index contributed by atoms with van der Waals surface area (Å²) in [5.41, 5.74) is 14.5. The van der Waals surface area contributed by atoms with E-state index < -0.39 is 5.41 Å². The molecule has 0 saturated heterocycles. The Labute approximate surface area is 334 Å². The molecule has 9 aromatic rings. The SMILES string of the molecule is C1=C(c2ccccc2)NC(c2ccccc2-c2ccc3c(c2)C2(c4ccccc4O3)c3ccccc3-c3ccccc32)N=C1c1ccc2c(c1)sc1ccccc12. The molecule has 2 aliphatic heterocycles. The number of hydrogen-bond donors (Lipinski definition) is 1. The van der Waals surface area contributed by atoms with Crippen molar-refractivity contribution in [2.45, 2.75) is 11.6 Å². The summed E-state index contributed by atoms with van der Waals surface area (Å²) in [6.45, 7) is 0. The van der Waals surface area contributed by atoms with E-state index in [1.807, 2.05) is 11.3 Å². The maximum Gasteiger partial charge on any atom is 0.146 e. The van der Waals surface area contributed by atoms with Crippen LogP contribution in [0.5, 0.6) is 11.5 Å². The molecule has 1 aromatic heterocycles. The first kappa shape index (κ1) is 32.3. The van der Waals surface area contributed by atoms with Crippen molar-refractivity contribution in [1.82, 2.24) is 5.32 Å². The zero-order valence-electron chi connectivity index (χ0n) is 30.8. The third-order valence-corrected chi connectivity index (χ3v) is 13.1. The quantitative estimate of drug-likeness (QED) is 0.195. The lowest BCUT2D eigenvalue weighted by molar-refractivity contribution is 0.436. The fraction of sp³-hybridized carbons (Fsp3) is 0.0377. The summed E-state index contributed by atoms with van der Waals surface area (Å²) >= 11 is 1.84. The third-order valence-electron chi connectivity index (χ3n) is 12.0. The zero-order valence-corrected chi connectivity index (χ0v) is 31.6. The maximum absolute atomic E-state index is 6.77. The molecule has 57 heavy (non-hydrogen) atoms. The Bertz CT molecular complexity index is 3110. The predicted molar refractivity (Wildman–Crippen MR) is 235 cm³/mol. The molecule has 12 rings (SSSR count). The highest BCUT2D eigenvalue weighted by molar-refractivity contribution is 7.25. The molecule has 0 bridgehead atoms. The van der Waals surface area contributed by atoms with Crippen LogP contribution in [0.1, 0.15) is 45.1 Å². The molecule has 1 spiro atoms. The number of hydrogen-bond acceptors (Lipinski definition) is 4. The lowest BCUT2D eigenvalue weighted by Crippen LogP contribution is -2.32. The van der Waals surface area contributed by atoms with Crippen LogP contribution in [0.15, 0.2) is 199 Å². The smallest absolute Gasteiger partial charge is 0.146 e. The first-order valence-corrected chi connectivity index (χ1v) is 20.3. The van der Waals surface area contributed by atoms with Crippen molar-refractivity contribution in [2.24, 2.45) is 4.99 Å². The minimum atomic E-state index is -0.537. The van der Waals surface area contributed by atoms with E-state index in [1.165, 1.54) is 42.4 Å².